The fourth-order valence-electron chi connectivity index (χ4n) is 2.21. The van der Waals surface area contributed by atoms with Gasteiger partial charge in [-0.25, -0.2) is 0 Å². The number of benzene rings is 2. The van der Waals surface area contributed by atoms with Gasteiger partial charge in [0.25, 0.3) is 5.69 Å². The van der Waals surface area contributed by atoms with Crippen LogP contribution in [0, 0.1) is 17.0 Å². The summed E-state index contributed by atoms with van der Waals surface area (Å²) in [7, 11) is 0. The van der Waals surface area contributed by atoms with Crippen molar-refractivity contribution in [2.75, 3.05) is 5.32 Å². The van der Waals surface area contributed by atoms with Gasteiger partial charge < -0.3 is 15.5 Å². The van der Waals surface area contributed by atoms with E-state index in [0.29, 0.717) is 11.3 Å². The van der Waals surface area contributed by atoms with E-state index >= 15 is 0 Å². The molecule has 0 aliphatic carbocycles. The zero-order valence-corrected chi connectivity index (χ0v) is 11.7. The first kappa shape index (κ1) is 14.6. The Morgan fingerprint density at radius 1 is 1.19 bits per heavy atom. The van der Waals surface area contributed by atoms with Crippen LogP contribution in [0.4, 0.5) is 11.4 Å². The second-order valence-corrected chi connectivity index (χ2v) is 4.85. The minimum atomic E-state index is -0.494. The lowest BCUT2D eigenvalue weighted by Crippen LogP contribution is -2.09. The molecule has 2 aromatic rings. The number of phenols is 2. The van der Waals surface area contributed by atoms with Gasteiger partial charge in [-0.2, -0.15) is 0 Å². The Morgan fingerprint density at radius 3 is 2.38 bits per heavy atom. The maximum Gasteiger partial charge on any atom is 0.292 e. The summed E-state index contributed by atoms with van der Waals surface area (Å²) in [6.45, 7) is 3.54. The topological polar surface area (TPSA) is 95.6 Å². The fraction of sp³-hybridized carbons (Fsp3) is 0.200. The van der Waals surface area contributed by atoms with Crippen molar-refractivity contribution in [3.05, 3.63) is 57.6 Å². The number of phenolic OH excluding ortho intramolecular Hbond substituents is 2. The van der Waals surface area contributed by atoms with E-state index in [1.165, 1.54) is 24.3 Å². The molecule has 110 valence electrons. The summed E-state index contributed by atoms with van der Waals surface area (Å²) in [5.41, 5.74) is 1.46. The van der Waals surface area contributed by atoms with Crippen LogP contribution < -0.4 is 5.32 Å². The quantitative estimate of drug-likeness (QED) is 0.591. The Bertz CT molecular complexity index is 665. The molecule has 0 radical (unpaired) electrons. The molecule has 2 aromatic carbocycles. The first-order chi connectivity index (χ1) is 9.90. The first-order valence-corrected chi connectivity index (χ1v) is 6.42. The maximum absolute atomic E-state index is 11.1. The molecule has 21 heavy (non-hydrogen) atoms. The Labute approximate surface area is 121 Å². The average molecular weight is 288 g/mol. The number of rotatable bonds is 4. The third-order valence-electron chi connectivity index (χ3n) is 3.21. The molecule has 2 rings (SSSR count). The standard InChI is InChI=1S/C15H16N2O4/c1-9-6-7-12(17(20)21)11(8-9)16-10(2)15-13(18)4-3-5-14(15)19/h3-8,10,16,18-19H,1-2H3. The largest absolute Gasteiger partial charge is 0.507 e. The summed E-state index contributed by atoms with van der Waals surface area (Å²) >= 11 is 0. The van der Waals surface area contributed by atoms with Gasteiger partial charge in [0.15, 0.2) is 0 Å². The molecule has 0 heterocycles. The SMILES string of the molecule is Cc1ccc([N+](=O)[O-])c(NC(C)c2c(O)cccc2O)c1. The highest BCUT2D eigenvalue weighted by molar-refractivity contribution is 5.64. The van der Waals surface area contributed by atoms with E-state index in [1.54, 1.807) is 19.1 Å². The third-order valence-corrected chi connectivity index (χ3v) is 3.21. The van der Waals surface area contributed by atoms with E-state index in [9.17, 15) is 20.3 Å². The number of aromatic hydroxyl groups is 2. The summed E-state index contributed by atoms with van der Waals surface area (Å²) in [4.78, 5) is 10.6. The number of nitro benzene ring substituents is 1. The monoisotopic (exact) mass is 288 g/mol. The molecule has 0 amide bonds. The molecule has 0 fully saturated rings. The Balaban J connectivity index is 2.38. The van der Waals surface area contributed by atoms with Crippen molar-refractivity contribution < 1.29 is 15.1 Å². The van der Waals surface area contributed by atoms with Crippen LogP contribution in [-0.2, 0) is 0 Å². The molecule has 0 spiro atoms. The number of nitrogens with one attached hydrogen (secondary N) is 1. The summed E-state index contributed by atoms with van der Waals surface area (Å²) in [5, 5.41) is 33.7. The fourth-order valence-corrected chi connectivity index (χ4v) is 2.21. The van der Waals surface area contributed by atoms with Gasteiger partial charge in [0.05, 0.1) is 16.5 Å². The van der Waals surface area contributed by atoms with Crippen LogP contribution in [0.3, 0.4) is 0 Å². The molecule has 6 heteroatoms. The lowest BCUT2D eigenvalue weighted by atomic mass is 10.0. The van der Waals surface area contributed by atoms with E-state index in [4.69, 9.17) is 0 Å². The van der Waals surface area contributed by atoms with Crippen LogP contribution in [0.15, 0.2) is 36.4 Å². The Morgan fingerprint density at radius 2 is 1.81 bits per heavy atom. The molecule has 0 aliphatic rings. The van der Waals surface area contributed by atoms with Gasteiger partial charge in [-0.15, -0.1) is 0 Å². The summed E-state index contributed by atoms with van der Waals surface area (Å²) in [6, 6.07) is 8.68. The zero-order valence-electron chi connectivity index (χ0n) is 11.7. The zero-order chi connectivity index (χ0) is 15.6. The minimum Gasteiger partial charge on any atom is -0.507 e. The highest BCUT2D eigenvalue weighted by Gasteiger charge is 2.19. The lowest BCUT2D eigenvalue weighted by molar-refractivity contribution is -0.384. The van der Waals surface area contributed by atoms with Crippen molar-refractivity contribution in [3.8, 4) is 11.5 Å². The molecular weight excluding hydrogens is 272 g/mol. The van der Waals surface area contributed by atoms with Crippen molar-refractivity contribution in [1.29, 1.82) is 0 Å². The normalized spacial score (nSPS) is 11.9. The molecule has 0 bridgehead atoms. The van der Waals surface area contributed by atoms with E-state index in [0.717, 1.165) is 5.56 Å². The van der Waals surface area contributed by atoms with Crippen LogP contribution in [0.2, 0.25) is 0 Å². The highest BCUT2D eigenvalue weighted by atomic mass is 16.6. The maximum atomic E-state index is 11.1. The number of hydrogen-bond acceptors (Lipinski definition) is 5. The van der Waals surface area contributed by atoms with Crippen molar-refractivity contribution in [3.63, 3.8) is 0 Å². The average Bonchev–Trinajstić information content (AvgIpc) is 2.38. The van der Waals surface area contributed by atoms with E-state index < -0.39 is 11.0 Å². The molecule has 1 unspecified atom stereocenters. The minimum absolute atomic E-state index is 0.0534. The molecule has 0 aromatic heterocycles. The number of anilines is 1. The van der Waals surface area contributed by atoms with Crippen LogP contribution in [0.5, 0.6) is 11.5 Å². The van der Waals surface area contributed by atoms with Gasteiger partial charge >= 0.3 is 0 Å². The second-order valence-electron chi connectivity index (χ2n) is 4.85. The number of hydrogen-bond donors (Lipinski definition) is 3. The number of nitrogens with zero attached hydrogens (tertiary/aromatic N) is 1. The first-order valence-electron chi connectivity index (χ1n) is 6.42. The van der Waals surface area contributed by atoms with Crippen LogP contribution in [0.1, 0.15) is 24.1 Å². The second kappa shape index (κ2) is 5.70. The van der Waals surface area contributed by atoms with Gasteiger partial charge in [0, 0.05) is 6.07 Å². The molecule has 0 saturated heterocycles. The molecule has 1 atom stereocenters. The van der Waals surface area contributed by atoms with Crippen LogP contribution >= 0.6 is 0 Å². The van der Waals surface area contributed by atoms with E-state index in [1.807, 2.05) is 6.92 Å². The molecule has 0 aliphatic heterocycles. The van der Waals surface area contributed by atoms with Crippen molar-refractivity contribution in [2.45, 2.75) is 19.9 Å². The van der Waals surface area contributed by atoms with Crippen molar-refractivity contribution in [2.24, 2.45) is 0 Å². The number of nitro groups is 1. The predicted molar refractivity (Wildman–Crippen MR) is 79.6 cm³/mol. The van der Waals surface area contributed by atoms with Crippen LogP contribution in [0.25, 0.3) is 0 Å². The summed E-state index contributed by atoms with van der Waals surface area (Å²) < 4.78 is 0. The van der Waals surface area contributed by atoms with Gasteiger partial charge in [-0.3, -0.25) is 10.1 Å². The Kier molecular flexibility index (Phi) is 3.98. The lowest BCUT2D eigenvalue weighted by Gasteiger charge is -2.18. The van der Waals surface area contributed by atoms with E-state index in [-0.39, 0.29) is 17.2 Å². The number of aryl methyl sites for hydroxylation is 1. The molecule has 6 nitrogen and oxygen atoms in total. The van der Waals surface area contributed by atoms with Crippen LogP contribution in [-0.4, -0.2) is 15.1 Å². The Hall–Kier alpha value is -2.76. The van der Waals surface area contributed by atoms with Gasteiger partial charge in [-0.05, 0) is 37.6 Å². The van der Waals surface area contributed by atoms with Gasteiger partial charge in [0.2, 0.25) is 0 Å². The molecular formula is C15H16N2O4. The van der Waals surface area contributed by atoms with E-state index in [2.05, 4.69) is 5.32 Å². The van der Waals surface area contributed by atoms with Crippen molar-refractivity contribution in [1.82, 2.24) is 0 Å². The molecule has 3 N–H and O–H groups in total. The third kappa shape index (κ3) is 3.05. The van der Waals surface area contributed by atoms with Crippen molar-refractivity contribution >= 4 is 11.4 Å². The summed E-state index contributed by atoms with van der Waals surface area (Å²) in [6.07, 6.45) is 0. The highest BCUT2D eigenvalue weighted by Crippen LogP contribution is 2.36. The van der Waals surface area contributed by atoms with Gasteiger partial charge in [-0.1, -0.05) is 12.1 Å². The predicted octanol–water partition coefficient (Wildman–Crippen LogP) is 3.49. The molecule has 0 saturated carbocycles. The van der Waals surface area contributed by atoms with Gasteiger partial charge in [0.1, 0.15) is 17.2 Å². The smallest absolute Gasteiger partial charge is 0.292 e. The summed E-state index contributed by atoms with van der Waals surface area (Å²) in [5.74, 6) is -0.129.